The number of nitrogens with zero attached hydrogens (tertiary/aromatic N) is 17. The molecule has 1 aromatic carbocycles. The summed E-state index contributed by atoms with van der Waals surface area (Å²) < 4.78 is 22.4. The van der Waals surface area contributed by atoms with E-state index in [1.807, 2.05) is 86.4 Å². The number of likely N-dealkylation sites (N-methyl/N-ethyl adjacent to an activating group) is 1. The molecule has 3 saturated heterocycles. The van der Waals surface area contributed by atoms with E-state index in [9.17, 15) is 28.8 Å². The number of nitrogens with one attached hydrogen (secondary N) is 15. The van der Waals surface area contributed by atoms with E-state index < -0.39 is 0 Å². The molecule has 9 fully saturated rings. The average molecular weight is 2060 g/mol. The lowest BCUT2D eigenvalue weighted by molar-refractivity contribution is -0.115. The number of hydrogen-bond donors (Lipinski definition) is 15. The van der Waals surface area contributed by atoms with Crippen LogP contribution < -0.4 is 122 Å². The van der Waals surface area contributed by atoms with Crippen LogP contribution in [0.3, 0.4) is 0 Å². The van der Waals surface area contributed by atoms with Crippen LogP contribution in [0.1, 0.15) is 158 Å². The summed E-state index contributed by atoms with van der Waals surface area (Å²) in [7, 11) is 1.38. The monoisotopic (exact) mass is 2050 g/mol. The van der Waals surface area contributed by atoms with Crippen molar-refractivity contribution < 1.29 is 19.1 Å². The fraction of sp³-hybridized carbons (Fsp3) is 0.380. The van der Waals surface area contributed by atoms with E-state index in [-0.39, 0.29) is 43.6 Å². The molecule has 145 heavy (non-hydrogen) atoms. The number of methoxy groups -OCH3 is 1. The molecule has 1 atom stereocenters. The van der Waals surface area contributed by atoms with Crippen LogP contribution >= 0.6 is 56.9 Å². The molecule has 24 rings (SSSR count). The number of carbonyl (C=O) groups is 2. The molecular formula is C100H115ClN32O8S4. The molecule has 15 N–H and O–H groups in total. The van der Waals surface area contributed by atoms with Gasteiger partial charge in [-0.1, -0.05) is 117 Å². The van der Waals surface area contributed by atoms with Gasteiger partial charge < -0.3 is 92.8 Å². The van der Waals surface area contributed by atoms with Crippen molar-refractivity contribution in [2.75, 3.05) is 112 Å². The van der Waals surface area contributed by atoms with Gasteiger partial charge in [-0.15, -0.1) is 0 Å². The molecule has 0 bridgehead atoms. The molecule has 2 amide bonds. The number of aromatic amines is 4. The zero-order chi connectivity index (χ0) is 100. The third-order valence-corrected chi connectivity index (χ3v) is 29.5. The highest BCUT2D eigenvalue weighted by molar-refractivity contribution is 7.07. The molecule has 754 valence electrons. The van der Waals surface area contributed by atoms with Crippen LogP contribution in [0.5, 0.6) is 0 Å². The number of benzene rings is 1. The summed E-state index contributed by atoms with van der Waals surface area (Å²) in [6, 6.07) is 20.9. The minimum absolute atomic E-state index is 0.105. The fourth-order valence-corrected chi connectivity index (χ4v) is 20.5. The number of aromatic nitrogens is 19. The Bertz CT molecular complexity index is 8190. The number of likely N-dealkylation sites (tertiary alicyclic amines) is 1. The first kappa shape index (κ1) is 97.9. The molecule has 40 nitrogen and oxygen atoms in total. The first-order chi connectivity index (χ1) is 70.3. The van der Waals surface area contributed by atoms with Gasteiger partial charge in [-0.2, -0.15) is 48.1 Å². The minimum atomic E-state index is -0.378. The number of carbonyl (C=O) groups excluding carboxylic acids is 2. The van der Waals surface area contributed by atoms with Gasteiger partial charge in [0.1, 0.15) is 58.2 Å². The maximum absolute atomic E-state index is 12.2. The number of alkyl carbamates (subject to hydrolysis) is 1. The number of rotatable bonds is 28. The van der Waals surface area contributed by atoms with Gasteiger partial charge in [0.25, 0.3) is 5.91 Å². The molecule has 45 heteroatoms. The van der Waals surface area contributed by atoms with Crippen LogP contribution in [-0.2, 0) is 14.3 Å². The predicted octanol–water partition coefficient (Wildman–Crippen LogP) is 8.17. The Morgan fingerprint density at radius 1 is 0.483 bits per heavy atom. The van der Waals surface area contributed by atoms with E-state index in [1.54, 1.807) is 40.0 Å². The van der Waals surface area contributed by atoms with Crippen LogP contribution in [0.2, 0.25) is 5.02 Å². The third kappa shape index (κ3) is 24.4. The zero-order valence-corrected chi connectivity index (χ0v) is 84.8. The van der Waals surface area contributed by atoms with Gasteiger partial charge in [0, 0.05) is 161 Å². The number of thiazole rings is 4. The fourth-order valence-electron chi connectivity index (χ4n) is 17.4. The lowest BCUT2D eigenvalue weighted by Gasteiger charge is -2.29. The Kier molecular flexibility index (Phi) is 29.1. The maximum atomic E-state index is 12.2. The number of H-pyrrole nitrogens is 4. The summed E-state index contributed by atoms with van der Waals surface area (Å²) in [5.41, 5.74) is 10.1. The number of allylic oxidation sites excluding steroid dienone is 1. The highest BCUT2D eigenvalue weighted by Crippen LogP contribution is 2.36. The lowest BCUT2D eigenvalue weighted by Crippen LogP contribution is -2.40. The summed E-state index contributed by atoms with van der Waals surface area (Å²) in [5.74, 6) is 9.00. The number of ether oxygens (including phenoxy) is 2. The quantitative estimate of drug-likeness (QED) is 0.0205. The molecule has 14 aromatic heterocycles. The standard InChI is InChI=1S/C23H29N7O3.C21H27N7OS.C20H17ClN6OS.C18H20N6O2S.C18H22N6OS/c1-13-9-14(22(31)25-13)10-15-12-24-30-20(27-17-5-6-17)11-19(29-21(15)30)26-16-3-7-18(8-4-16)28-23(32)33-2;1-3-27-8-4-5-16(27)12-22-18-10-19(25-15-6-7-15)28-20(26-18)14(11-23-28)9-17-13(2)24-21(29)30-17;1-11-16(29-20(28)23-11)7-12-10-22-27-18(25-14-5-6-14)9-17(26-19(12)27)24-15-4-2-3-13(21)8-15;1-11-14(27-18(25)20-11)8-12-10-19-24-16(21-13-2-3-13)9-15(22-17(12)24)23-4-6-26-7-5-23;1-10(2)8-19-15-7-16(22-13-4-5-13)24-17(23-15)12(9-20-24)6-14-11(3)21-18(25)26-14/h10-12,16-18,27H,1,3-9H2,2H3,(H,25,31)(H,26,29)(H,28,32);9-11,15-16,25H,2-8,12H2,1H3,(H,22,26)(H,24,29);2-4,7-10,14,25H,1,5-6H2,(H,23,28)(H,24,26);8-10,13,21H,1-7H2,(H,20,25);6-7,9-10,13,22H,3-5,8H2,1-2H3,(H,19,23)(H,21,25)/b14-10+;17-9-;16-7-;14-8-;14-6-. The van der Waals surface area contributed by atoms with E-state index in [1.165, 1.54) is 65.0 Å². The number of morpholine rings is 1. The van der Waals surface area contributed by atoms with Crippen LogP contribution in [-0.4, -0.2) is 218 Å². The minimum Gasteiger partial charge on any atom is -0.453 e. The highest BCUT2D eigenvalue weighted by Gasteiger charge is 2.32. The highest BCUT2D eigenvalue weighted by atomic mass is 35.5. The van der Waals surface area contributed by atoms with Crippen molar-refractivity contribution in [2.24, 2.45) is 5.92 Å². The Balaban J connectivity index is 0.000000111. The van der Waals surface area contributed by atoms with Crippen molar-refractivity contribution in [3.63, 3.8) is 0 Å². The average Bonchev–Trinajstić information content (AvgIpc) is 1.65. The SMILES string of the molecule is C=C1C/C(=C\c2cnn3c(NC4CC4)cc(NC4CCC(NC(=O)OC)CC4)nc23)C(=O)N1.C=c1[nH]c(=O)s/c1=C\c1cnn2c(NC3CC3)cc(N3CCOCC3)nc12.C=c1[nH]c(=O)s/c1=C\c1cnn2c(NC3CC3)cc(NCC(C)C)nc12.C=c1[nH]c(=O)s/c1=C\c1cnn2c(NC3CC3)cc(NCC3CCCN3CC)nc12.C=c1[nH]c(=O)s/c1=C\c1cnn2c(NC3CC3)cc(Nc3cccc(Cl)c3)nc12. The van der Waals surface area contributed by atoms with Gasteiger partial charge >= 0.3 is 25.6 Å². The van der Waals surface area contributed by atoms with Crippen LogP contribution in [0.4, 0.5) is 68.7 Å². The van der Waals surface area contributed by atoms with Gasteiger partial charge in [0.05, 0.1) is 90.8 Å². The van der Waals surface area contributed by atoms with E-state index >= 15 is 0 Å². The summed E-state index contributed by atoms with van der Waals surface area (Å²) in [4.78, 5) is 109. The van der Waals surface area contributed by atoms with Crippen molar-refractivity contribution >= 4 is 218 Å². The molecule has 17 heterocycles. The van der Waals surface area contributed by atoms with Gasteiger partial charge in [0.15, 0.2) is 28.2 Å². The van der Waals surface area contributed by atoms with Gasteiger partial charge in [-0.05, 0) is 170 Å². The predicted molar refractivity (Wildman–Crippen MR) is 576 cm³/mol. The molecule has 1 unspecified atom stereocenters. The molecule has 6 aliphatic carbocycles. The van der Waals surface area contributed by atoms with Crippen LogP contribution in [0, 0.1) is 5.92 Å². The summed E-state index contributed by atoms with van der Waals surface area (Å²) in [6.07, 6.45) is 36.2. The lowest BCUT2D eigenvalue weighted by atomic mass is 9.91. The van der Waals surface area contributed by atoms with Crippen molar-refractivity contribution in [3.8, 4) is 0 Å². The molecule has 3 aliphatic heterocycles. The van der Waals surface area contributed by atoms with E-state index in [0.29, 0.717) is 117 Å². The number of anilines is 11. The van der Waals surface area contributed by atoms with E-state index in [2.05, 4.69) is 180 Å². The Labute approximate surface area is 850 Å². The smallest absolute Gasteiger partial charge is 0.407 e. The normalized spacial score (nSPS) is 18.7. The molecule has 6 saturated carbocycles. The summed E-state index contributed by atoms with van der Waals surface area (Å²) in [5, 5.41) is 62.9. The maximum Gasteiger partial charge on any atom is 0.407 e. The van der Waals surface area contributed by atoms with Gasteiger partial charge in [-0.25, -0.2) is 29.7 Å². The number of halogens is 1. The molecule has 0 spiro atoms. The van der Waals surface area contributed by atoms with Gasteiger partial charge in [0.2, 0.25) is 0 Å². The molecule has 15 aromatic rings. The first-order valence-corrected chi connectivity index (χ1v) is 52.7. The zero-order valence-electron chi connectivity index (χ0n) is 80.8. The molecule has 0 radical (unpaired) electrons. The molecule has 9 aliphatic rings. The van der Waals surface area contributed by atoms with Crippen molar-refractivity contribution in [3.05, 3.63) is 214 Å². The van der Waals surface area contributed by atoms with Crippen molar-refractivity contribution in [1.29, 1.82) is 0 Å². The second-order valence-corrected chi connectivity index (χ2v) is 42.4. The summed E-state index contributed by atoms with van der Waals surface area (Å²) in [6.45, 7) is 33.0. The number of hydrogen-bond acceptors (Lipinski definition) is 33. The van der Waals surface area contributed by atoms with Crippen molar-refractivity contribution in [2.45, 2.75) is 178 Å². The van der Waals surface area contributed by atoms with Gasteiger partial charge in [-0.3, -0.25) is 28.9 Å². The molecular weight excluding hydrogens is 1940 g/mol. The largest absolute Gasteiger partial charge is 0.453 e. The second-order valence-electron chi connectivity index (χ2n) is 37.9. The third-order valence-electron chi connectivity index (χ3n) is 25.7. The first-order valence-electron chi connectivity index (χ1n) is 49.0. The Hall–Kier alpha value is -14.6. The second kappa shape index (κ2) is 43.2. The Morgan fingerprint density at radius 2 is 0.869 bits per heavy atom. The summed E-state index contributed by atoms with van der Waals surface area (Å²) >= 11 is 10.6. The topological polar surface area (TPSA) is 474 Å². The number of fused-ring (bicyclic) bond motifs is 5. The van der Waals surface area contributed by atoms with Crippen molar-refractivity contribution in [1.82, 2.24) is 108 Å². The number of amides is 2. The Morgan fingerprint density at radius 3 is 1.27 bits per heavy atom. The van der Waals surface area contributed by atoms with E-state index in [4.69, 9.17) is 46.0 Å². The van der Waals surface area contributed by atoms with Crippen LogP contribution in [0.25, 0.3) is 84.9 Å². The van der Waals surface area contributed by atoms with E-state index in [0.717, 1.165) is 250 Å². The van der Waals surface area contributed by atoms with Crippen LogP contribution in [0.15, 0.2) is 123 Å².